The average molecular weight is 703 g/mol. The maximum absolute atomic E-state index is 6.95. The number of benzene rings is 9. The monoisotopic (exact) mass is 702 g/mol. The first-order valence-electron chi connectivity index (χ1n) is 18.8. The van der Waals surface area contributed by atoms with Gasteiger partial charge in [-0.2, -0.15) is 0 Å². The zero-order valence-electron chi connectivity index (χ0n) is 29.9. The van der Waals surface area contributed by atoms with Crippen LogP contribution in [0.1, 0.15) is 0 Å². The second-order valence-corrected chi connectivity index (χ2v) is 14.0. The highest BCUT2D eigenvalue weighted by molar-refractivity contribution is 6.18. The van der Waals surface area contributed by atoms with E-state index >= 15 is 0 Å². The molecular weight excluding hydrogens is 669 g/mol. The van der Waals surface area contributed by atoms with E-state index in [1.807, 2.05) is 0 Å². The summed E-state index contributed by atoms with van der Waals surface area (Å²) >= 11 is 0. The van der Waals surface area contributed by atoms with Gasteiger partial charge in [0.25, 0.3) is 0 Å². The molecule has 0 unspecified atom stereocenters. The quantitative estimate of drug-likeness (QED) is 0.172. The highest BCUT2D eigenvalue weighted by atomic mass is 16.3. The van der Waals surface area contributed by atoms with Crippen molar-refractivity contribution in [1.82, 2.24) is 4.57 Å². The van der Waals surface area contributed by atoms with Crippen LogP contribution in [0.2, 0.25) is 0 Å². The number of anilines is 3. The van der Waals surface area contributed by atoms with Crippen molar-refractivity contribution in [3.8, 4) is 27.9 Å². The minimum absolute atomic E-state index is 0.883. The van der Waals surface area contributed by atoms with Gasteiger partial charge in [0.1, 0.15) is 11.2 Å². The fraction of sp³-hybridized carbons (Fsp3) is 0. The van der Waals surface area contributed by atoms with Gasteiger partial charge >= 0.3 is 0 Å². The summed E-state index contributed by atoms with van der Waals surface area (Å²) in [7, 11) is 0. The van der Waals surface area contributed by atoms with Gasteiger partial charge in [0.2, 0.25) is 0 Å². The smallest absolute Gasteiger partial charge is 0.143 e. The normalized spacial score (nSPS) is 11.6. The van der Waals surface area contributed by atoms with E-state index in [2.05, 4.69) is 216 Å². The standard InChI is InChI=1S/C52H34N2O/c1-2-17-35(18-3-1)37-20-6-10-27-45(37)53(49-31-14-15-32-50(49)54-46-28-11-7-22-39(46)40-23-8-12-29-47(40)54)48-30-13-9-24-41(48)42-25-16-26-43-44-34-33-36-19-4-5-21-38(36)51(44)55-52(42)43/h1-34H. The number of hydrogen-bond acceptors (Lipinski definition) is 2. The van der Waals surface area contributed by atoms with E-state index in [1.165, 1.54) is 27.2 Å². The Bertz CT molecular complexity index is 3170. The van der Waals surface area contributed by atoms with Crippen LogP contribution in [0.5, 0.6) is 0 Å². The third kappa shape index (κ3) is 4.91. The Labute approximate surface area is 318 Å². The molecule has 55 heavy (non-hydrogen) atoms. The van der Waals surface area contributed by atoms with Crippen LogP contribution in [0.3, 0.4) is 0 Å². The lowest BCUT2D eigenvalue weighted by Crippen LogP contribution is -2.15. The third-order valence-electron chi connectivity index (χ3n) is 11.0. The minimum atomic E-state index is 0.883. The summed E-state index contributed by atoms with van der Waals surface area (Å²) in [4.78, 5) is 2.45. The molecule has 3 nitrogen and oxygen atoms in total. The molecule has 0 N–H and O–H groups in total. The molecule has 11 aromatic rings. The maximum atomic E-state index is 6.95. The van der Waals surface area contributed by atoms with Crippen LogP contribution in [0.4, 0.5) is 17.1 Å². The molecule has 0 radical (unpaired) electrons. The van der Waals surface area contributed by atoms with E-state index in [1.54, 1.807) is 0 Å². The molecule has 0 spiro atoms. The van der Waals surface area contributed by atoms with Crippen LogP contribution >= 0.6 is 0 Å². The molecule has 0 saturated carbocycles. The number of furan rings is 1. The van der Waals surface area contributed by atoms with Gasteiger partial charge in [0, 0.05) is 43.6 Å². The number of aromatic nitrogens is 1. The number of hydrogen-bond donors (Lipinski definition) is 0. The molecule has 0 atom stereocenters. The second-order valence-electron chi connectivity index (χ2n) is 14.0. The molecule has 9 aromatic carbocycles. The van der Waals surface area contributed by atoms with Crippen molar-refractivity contribution in [2.75, 3.05) is 4.90 Å². The van der Waals surface area contributed by atoms with Gasteiger partial charge in [-0.25, -0.2) is 0 Å². The van der Waals surface area contributed by atoms with E-state index in [0.717, 1.165) is 72.3 Å². The van der Waals surface area contributed by atoms with E-state index in [0.29, 0.717) is 0 Å². The van der Waals surface area contributed by atoms with E-state index in [4.69, 9.17) is 4.42 Å². The molecule has 11 rings (SSSR count). The first-order valence-corrected chi connectivity index (χ1v) is 18.8. The lowest BCUT2D eigenvalue weighted by atomic mass is 9.97. The van der Waals surface area contributed by atoms with Crippen LogP contribution < -0.4 is 4.90 Å². The van der Waals surface area contributed by atoms with E-state index in [-0.39, 0.29) is 0 Å². The van der Waals surface area contributed by atoms with Crippen molar-refractivity contribution in [1.29, 1.82) is 0 Å². The molecule has 0 aliphatic rings. The fourth-order valence-corrected chi connectivity index (χ4v) is 8.58. The Morgan fingerprint density at radius 1 is 0.327 bits per heavy atom. The predicted molar refractivity (Wildman–Crippen MR) is 231 cm³/mol. The SMILES string of the molecule is c1ccc(-c2ccccc2N(c2ccccc2-c2cccc3c2oc2c4ccccc4ccc32)c2ccccc2-n2c3ccccc3c3ccccc32)cc1. The fourth-order valence-electron chi connectivity index (χ4n) is 8.58. The second kappa shape index (κ2) is 12.6. The van der Waals surface area contributed by atoms with Crippen molar-refractivity contribution < 1.29 is 4.42 Å². The Balaban J connectivity index is 1.22. The number of rotatable bonds is 6. The Kier molecular flexibility index (Phi) is 7.17. The Morgan fingerprint density at radius 3 is 1.62 bits per heavy atom. The molecule has 0 saturated heterocycles. The van der Waals surface area contributed by atoms with Gasteiger partial charge in [-0.05, 0) is 53.4 Å². The first kappa shape index (κ1) is 31.2. The average Bonchev–Trinajstić information content (AvgIpc) is 3.81. The van der Waals surface area contributed by atoms with Gasteiger partial charge in [-0.15, -0.1) is 0 Å². The van der Waals surface area contributed by atoms with Crippen LogP contribution in [0.15, 0.2) is 211 Å². The summed E-state index contributed by atoms with van der Waals surface area (Å²) in [5, 5.41) is 6.98. The lowest BCUT2D eigenvalue weighted by molar-refractivity contribution is 0.674. The van der Waals surface area contributed by atoms with E-state index in [9.17, 15) is 0 Å². The maximum Gasteiger partial charge on any atom is 0.143 e. The molecule has 258 valence electrons. The summed E-state index contributed by atoms with van der Waals surface area (Å²) in [6.45, 7) is 0. The Hall–Kier alpha value is -7.36. The Morgan fingerprint density at radius 2 is 0.855 bits per heavy atom. The topological polar surface area (TPSA) is 21.3 Å². The van der Waals surface area contributed by atoms with Crippen molar-refractivity contribution in [2.45, 2.75) is 0 Å². The molecule has 2 heterocycles. The summed E-state index contributed by atoms with van der Waals surface area (Å²) in [5.41, 5.74) is 12.8. The minimum Gasteiger partial charge on any atom is -0.455 e. The van der Waals surface area contributed by atoms with E-state index < -0.39 is 0 Å². The van der Waals surface area contributed by atoms with Gasteiger partial charge in [0.15, 0.2) is 0 Å². The summed E-state index contributed by atoms with van der Waals surface area (Å²) < 4.78 is 9.37. The molecule has 0 aliphatic carbocycles. The summed E-state index contributed by atoms with van der Waals surface area (Å²) in [6, 6.07) is 73.9. The lowest BCUT2D eigenvalue weighted by Gasteiger charge is -2.31. The van der Waals surface area contributed by atoms with Crippen molar-refractivity contribution in [3.63, 3.8) is 0 Å². The molecule has 0 fully saturated rings. The van der Waals surface area contributed by atoms with Gasteiger partial charge in [0.05, 0.1) is 33.8 Å². The molecular formula is C52H34N2O. The molecule has 0 bridgehead atoms. The van der Waals surface area contributed by atoms with Crippen LogP contribution in [0, 0.1) is 0 Å². The molecule has 0 amide bonds. The van der Waals surface area contributed by atoms with Crippen LogP contribution in [0.25, 0.3) is 82.5 Å². The van der Waals surface area contributed by atoms with Crippen molar-refractivity contribution in [2.24, 2.45) is 0 Å². The van der Waals surface area contributed by atoms with Gasteiger partial charge < -0.3 is 13.9 Å². The van der Waals surface area contributed by atoms with Crippen molar-refractivity contribution >= 4 is 71.6 Å². The molecule has 0 aliphatic heterocycles. The van der Waals surface area contributed by atoms with Gasteiger partial charge in [-0.1, -0.05) is 164 Å². The first-order chi connectivity index (χ1) is 27.3. The zero-order chi connectivity index (χ0) is 36.3. The third-order valence-corrected chi connectivity index (χ3v) is 11.0. The number of fused-ring (bicyclic) bond motifs is 8. The summed E-state index contributed by atoms with van der Waals surface area (Å²) in [5.74, 6) is 0. The highest BCUT2D eigenvalue weighted by Gasteiger charge is 2.25. The molecule has 3 heteroatoms. The number of para-hydroxylation sites is 7. The zero-order valence-corrected chi connectivity index (χ0v) is 29.9. The largest absolute Gasteiger partial charge is 0.455 e. The summed E-state index contributed by atoms with van der Waals surface area (Å²) in [6.07, 6.45) is 0. The van der Waals surface area contributed by atoms with Crippen molar-refractivity contribution in [3.05, 3.63) is 206 Å². The highest BCUT2D eigenvalue weighted by Crippen LogP contribution is 2.49. The van der Waals surface area contributed by atoms with Crippen LogP contribution in [-0.4, -0.2) is 4.57 Å². The van der Waals surface area contributed by atoms with Gasteiger partial charge in [-0.3, -0.25) is 0 Å². The van der Waals surface area contributed by atoms with Crippen LogP contribution in [-0.2, 0) is 0 Å². The number of nitrogens with zero attached hydrogens (tertiary/aromatic N) is 2. The predicted octanol–water partition coefficient (Wildman–Crippen LogP) is 14.6. The molecule has 2 aromatic heterocycles.